The summed E-state index contributed by atoms with van der Waals surface area (Å²) in [6.45, 7) is 0. The van der Waals surface area contributed by atoms with Gasteiger partial charge in [0.1, 0.15) is 5.69 Å². The number of anilines is 1. The molecule has 0 radical (unpaired) electrons. The van der Waals surface area contributed by atoms with E-state index in [9.17, 15) is 0 Å². The van der Waals surface area contributed by atoms with Crippen LogP contribution in [0.25, 0.3) is 28.5 Å². The highest BCUT2D eigenvalue weighted by Crippen LogP contribution is 2.41. The Hall–Kier alpha value is -3.03. The fourth-order valence-electron chi connectivity index (χ4n) is 2.73. The molecular weight excluding hydrogens is 389 g/mol. The Balaban J connectivity index is 2.03. The van der Waals surface area contributed by atoms with E-state index in [1.165, 1.54) is 7.11 Å². The van der Waals surface area contributed by atoms with E-state index < -0.39 is 0 Å². The van der Waals surface area contributed by atoms with E-state index in [2.05, 4.69) is 15.2 Å². The number of aromatic nitrogens is 4. The van der Waals surface area contributed by atoms with Crippen LogP contribution in [0.2, 0.25) is 10.0 Å². The molecule has 4 rings (SSSR count). The Morgan fingerprint density at radius 3 is 2.44 bits per heavy atom. The molecule has 0 saturated carbocycles. The lowest BCUT2D eigenvalue weighted by atomic mass is 10.1. The van der Waals surface area contributed by atoms with Gasteiger partial charge in [-0.25, -0.2) is 4.68 Å². The Kier molecular flexibility index (Phi) is 4.47. The molecule has 0 aliphatic heterocycles. The van der Waals surface area contributed by atoms with E-state index >= 15 is 0 Å². The second kappa shape index (κ2) is 6.94. The molecule has 2 aromatic carbocycles. The summed E-state index contributed by atoms with van der Waals surface area (Å²) >= 11 is 12.4. The summed E-state index contributed by atoms with van der Waals surface area (Å²) in [7, 11) is 1.54. The molecule has 0 aliphatic rings. The molecule has 0 aliphatic carbocycles. The van der Waals surface area contributed by atoms with Crippen LogP contribution in [-0.4, -0.2) is 27.0 Å². The van der Waals surface area contributed by atoms with Crippen molar-refractivity contribution >= 4 is 29.2 Å². The maximum absolute atomic E-state index is 6.40. The molecule has 0 bridgehead atoms. The zero-order valence-corrected chi connectivity index (χ0v) is 15.6. The second-order valence-electron chi connectivity index (χ2n) is 5.56. The van der Waals surface area contributed by atoms with Gasteiger partial charge in [-0.2, -0.15) is 10.1 Å². The lowest BCUT2D eigenvalue weighted by Gasteiger charge is -2.10. The molecule has 2 heterocycles. The van der Waals surface area contributed by atoms with Crippen LogP contribution in [-0.2, 0) is 0 Å². The van der Waals surface area contributed by atoms with Crippen LogP contribution in [0, 0.1) is 0 Å². The van der Waals surface area contributed by atoms with Crippen molar-refractivity contribution in [1.29, 1.82) is 0 Å². The van der Waals surface area contributed by atoms with Crippen molar-refractivity contribution in [3.05, 3.63) is 58.6 Å². The Labute approximate surface area is 164 Å². The minimum atomic E-state index is 0.00684. The van der Waals surface area contributed by atoms with E-state index in [1.54, 1.807) is 22.9 Å². The first-order valence-corrected chi connectivity index (χ1v) is 8.61. The van der Waals surface area contributed by atoms with Gasteiger partial charge in [-0.05, 0) is 29.4 Å². The number of hydrogen-bond acceptors (Lipinski definition) is 6. The number of para-hydroxylation sites is 1. The SMILES string of the molecule is COc1c(-c2nc(N)no2)nn(-c2ccccc2Cl)c1-c1ccc(Cl)cc1. The van der Waals surface area contributed by atoms with Crippen LogP contribution < -0.4 is 10.5 Å². The van der Waals surface area contributed by atoms with Crippen LogP contribution in [0.3, 0.4) is 0 Å². The normalized spacial score (nSPS) is 10.9. The molecular formula is C18H13Cl2N5O2. The van der Waals surface area contributed by atoms with Gasteiger partial charge >= 0.3 is 0 Å². The lowest BCUT2D eigenvalue weighted by Crippen LogP contribution is -2.00. The van der Waals surface area contributed by atoms with Crippen molar-refractivity contribution in [3.8, 4) is 34.3 Å². The van der Waals surface area contributed by atoms with Crippen molar-refractivity contribution in [2.45, 2.75) is 0 Å². The zero-order valence-electron chi connectivity index (χ0n) is 14.1. The predicted molar refractivity (Wildman–Crippen MR) is 103 cm³/mol. The van der Waals surface area contributed by atoms with Crippen LogP contribution >= 0.6 is 23.2 Å². The van der Waals surface area contributed by atoms with Gasteiger partial charge in [0.05, 0.1) is 17.8 Å². The third-order valence-electron chi connectivity index (χ3n) is 3.89. The summed E-state index contributed by atoms with van der Waals surface area (Å²) in [6, 6.07) is 14.6. The van der Waals surface area contributed by atoms with Crippen molar-refractivity contribution in [3.63, 3.8) is 0 Å². The number of nitrogens with zero attached hydrogens (tertiary/aromatic N) is 4. The molecule has 7 nitrogen and oxygen atoms in total. The molecule has 27 heavy (non-hydrogen) atoms. The number of hydrogen-bond donors (Lipinski definition) is 1. The molecule has 2 N–H and O–H groups in total. The summed E-state index contributed by atoms with van der Waals surface area (Å²) in [5, 5.41) is 9.38. The number of methoxy groups -OCH3 is 1. The van der Waals surface area contributed by atoms with Crippen molar-refractivity contribution in [2.24, 2.45) is 0 Å². The van der Waals surface area contributed by atoms with Gasteiger partial charge in [0.25, 0.3) is 11.8 Å². The summed E-state index contributed by atoms with van der Waals surface area (Å²) in [4.78, 5) is 4.06. The number of benzene rings is 2. The molecule has 0 atom stereocenters. The first-order chi connectivity index (χ1) is 13.1. The fraction of sp³-hybridized carbons (Fsp3) is 0.0556. The molecule has 0 amide bonds. The Bertz CT molecular complexity index is 1110. The van der Waals surface area contributed by atoms with Gasteiger partial charge in [-0.15, -0.1) is 0 Å². The van der Waals surface area contributed by atoms with Gasteiger partial charge in [0, 0.05) is 10.6 Å². The highest BCUT2D eigenvalue weighted by Gasteiger charge is 2.26. The zero-order chi connectivity index (χ0) is 19.0. The third-order valence-corrected chi connectivity index (χ3v) is 4.46. The monoisotopic (exact) mass is 401 g/mol. The van der Waals surface area contributed by atoms with Crippen LogP contribution in [0.4, 0.5) is 5.95 Å². The lowest BCUT2D eigenvalue weighted by molar-refractivity contribution is 0.406. The summed E-state index contributed by atoms with van der Waals surface area (Å²) in [5.74, 6) is 0.596. The highest BCUT2D eigenvalue weighted by molar-refractivity contribution is 6.32. The average molecular weight is 402 g/mol. The Morgan fingerprint density at radius 1 is 1.07 bits per heavy atom. The maximum Gasteiger partial charge on any atom is 0.283 e. The smallest absolute Gasteiger partial charge is 0.283 e. The van der Waals surface area contributed by atoms with Gasteiger partial charge < -0.3 is 15.0 Å². The first-order valence-electron chi connectivity index (χ1n) is 7.86. The number of ether oxygens (including phenoxy) is 1. The van der Waals surface area contributed by atoms with Crippen LogP contribution in [0.5, 0.6) is 5.75 Å². The van der Waals surface area contributed by atoms with E-state index in [1.807, 2.05) is 30.3 Å². The number of rotatable bonds is 4. The van der Waals surface area contributed by atoms with Gasteiger partial charge in [-0.1, -0.05) is 47.5 Å². The van der Waals surface area contributed by atoms with E-state index in [4.69, 9.17) is 38.2 Å². The minimum Gasteiger partial charge on any atom is -0.492 e. The molecule has 4 aromatic rings. The fourth-order valence-corrected chi connectivity index (χ4v) is 3.07. The Morgan fingerprint density at radius 2 is 1.81 bits per heavy atom. The van der Waals surface area contributed by atoms with Gasteiger partial charge in [0.2, 0.25) is 0 Å². The molecule has 136 valence electrons. The van der Waals surface area contributed by atoms with Gasteiger partial charge in [0.15, 0.2) is 11.4 Å². The molecule has 9 heteroatoms. The summed E-state index contributed by atoms with van der Waals surface area (Å²) in [6.07, 6.45) is 0. The van der Waals surface area contributed by atoms with Crippen LogP contribution in [0.15, 0.2) is 53.1 Å². The molecule has 0 saturated heterocycles. The molecule has 0 unspecified atom stereocenters. The highest BCUT2D eigenvalue weighted by atomic mass is 35.5. The van der Waals surface area contributed by atoms with E-state index in [-0.39, 0.29) is 11.8 Å². The third kappa shape index (κ3) is 3.11. The van der Waals surface area contributed by atoms with E-state index in [0.29, 0.717) is 32.9 Å². The molecule has 0 spiro atoms. The standard InChI is InChI=1S/C18H13Cl2N5O2/c1-26-16-14(17-22-18(21)24-27-17)23-25(13-5-3-2-4-12(13)20)15(16)10-6-8-11(19)9-7-10/h2-9H,1H3,(H2,21,24). The van der Waals surface area contributed by atoms with Crippen molar-refractivity contribution in [2.75, 3.05) is 12.8 Å². The van der Waals surface area contributed by atoms with Gasteiger partial charge in [-0.3, -0.25) is 0 Å². The topological polar surface area (TPSA) is 92.0 Å². The molecule has 0 fully saturated rings. The maximum atomic E-state index is 6.40. The summed E-state index contributed by atoms with van der Waals surface area (Å²) in [5.41, 5.74) is 8.09. The predicted octanol–water partition coefficient (Wildman–Crippen LogP) is 4.49. The van der Waals surface area contributed by atoms with Crippen molar-refractivity contribution < 1.29 is 9.26 Å². The largest absolute Gasteiger partial charge is 0.492 e. The molecule has 2 aromatic heterocycles. The average Bonchev–Trinajstić information content (AvgIpc) is 3.26. The minimum absolute atomic E-state index is 0.00684. The number of halogens is 2. The summed E-state index contributed by atoms with van der Waals surface area (Å²) < 4.78 is 12.5. The van der Waals surface area contributed by atoms with Crippen LogP contribution in [0.1, 0.15) is 0 Å². The second-order valence-corrected chi connectivity index (χ2v) is 6.40. The first kappa shape index (κ1) is 17.4. The van der Waals surface area contributed by atoms with Crippen molar-refractivity contribution in [1.82, 2.24) is 19.9 Å². The van der Waals surface area contributed by atoms with E-state index in [0.717, 1.165) is 5.56 Å². The number of nitrogens with two attached hydrogens (primary N) is 1. The quantitative estimate of drug-likeness (QED) is 0.541. The number of nitrogen functional groups attached to an aromatic ring is 1.